The van der Waals surface area contributed by atoms with E-state index in [-0.39, 0.29) is 23.1 Å². The maximum absolute atomic E-state index is 12.7. The number of aryl methyl sites for hydroxylation is 1. The molecule has 8 nitrogen and oxygen atoms in total. The molecule has 0 unspecified atom stereocenters. The van der Waals surface area contributed by atoms with Gasteiger partial charge in [0.2, 0.25) is 0 Å². The molecule has 12 heteroatoms. The third kappa shape index (κ3) is 4.47. The maximum Gasteiger partial charge on any atom is 0.337 e. The second-order valence-electron chi connectivity index (χ2n) is 7.16. The van der Waals surface area contributed by atoms with Crippen LogP contribution in [0.2, 0.25) is 10.0 Å². The maximum atomic E-state index is 12.7. The van der Waals surface area contributed by atoms with E-state index in [9.17, 15) is 9.59 Å². The van der Waals surface area contributed by atoms with E-state index in [2.05, 4.69) is 25.9 Å². The summed E-state index contributed by atoms with van der Waals surface area (Å²) in [5.41, 5.74) is 6.88. The number of fused-ring (bicyclic) bond motifs is 1. The van der Waals surface area contributed by atoms with Crippen molar-refractivity contribution in [2.75, 3.05) is 30.4 Å². The van der Waals surface area contributed by atoms with Gasteiger partial charge in [-0.05, 0) is 19.1 Å². The lowest BCUT2D eigenvalue weighted by atomic mass is 10.1. The number of quaternary nitrogens is 1. The number of hydrogen-bond donors (Lipinski definition) is 3. The van der Waals surface area contributed by atoms with Gasteiger partial charge in [-0.2, -0.15) is 0 Å². The lowest BCUT2D eigenvalue weighted by Gasteiger charge is -2.18. The third-order valence-corrected chi connectivity index (χ3v) is 6.89. The molecular formula is C19H20Cl3N5O3S. The van der Waals surface area contributed by atoms with Crippen LogP contribution in [0.5, 0.6) is 0 Å². The van der Waals surface area contributed by atoms with Crippen molar-refractivity contribution in [3.05, 3.63) is 39.1 Å². The van der Waals surface area contributed by atoms with Crippen LogP contribution in [0.25, 0.3) is 10.2 Å². The fourth-order valence-electron chi connectivity index (χ4n) is 3.48. The number of H-pyrrole nitrogens is 1. The topological polar surface area (TPSA) is 115 Å². The van der Waals surface area contributed by atoms with Gasteiger partial charge in [-0.25, -0.2) is 9.78 Å². The zero-order valence-electron chi connectivity index (χ0n) is 16.7. The van der Waals surface area contributed by atoms with E-state index in [0.717, 1.165) is 29.9 Å². The number of aromatic amines is 1. The van der Waals surface area contributed by atoms with Crippen LogP contribution in [0.15, 0.2) is 12.1 Å². The number of anilines is 2. The number of nitrogens with one attached hydrogen (secondary N) is 2. The van der Waals surface area contributed by atoms with E-state index >= 15 is 0 Å². The smallest absolute Gasteiger partial charge is 0.337 e. The number of esters is 1. The molecule has 0 saturated carbocycles. The zero-order valence-corrected chi connectivity index (χ0v) is 19.8. The van der Waals surface area contributed by atoms with Crippen LogP contribution in [-0.4, -0.2) is 48.1 Å². The number of aromatic nitrogens is 2. The average Bonchev–Trinajstić information content (AvgIpc) is 3.40. The molecule has 1 atom stereocenters. The summed E-state index contributed by atoms with van der Waals surface area (Å²) in [5.74, 6) is -0.867. The van der Waals surface area contributed by atoms with Crippen molar-refractivity contribution in [2.24, 2.45) is 0 Å². The SMILES string of the molecule is COC(=O)c1cc(N2CC[C@H]([NH3+])C2)c2nc(NC(=O)c3[nH]c(C)c(Cl)c3Cl)sc2c1.[Cl-]. The third-order valence-electron chi connectivity index (χ3n) is 5.02. The minimum absolute atomic E-state index is 0. The van der Waals surface area contributed by atoms with Crippen LogP contribution >= 0.6 is 34.5 Å². The zero-order chi connectivity index (χ0) is 21.6. The number of amides is 1. The summed E-state index contributed by atoms with van der Waals surface area (Å²) in [6.45, 7) is 3.33. The molecule has 1 saturated heterocycles. The fourth-order valence-corrected chi connectivity index (χ4v) is 4.82. The summed E-state index contributed by atoms with van der Waals surface area (Å²) in [4.78, 5) is 34.5. The molecule has 31 heavy (non-hydrogen) atoms. The van der Waals surface area contributed by atoms with E-state index in [4.69, 9.17) is 27.9 Å². The first-order valence-corrected chi connectivity index (χ1v) is 10.8. The van der Waals surface area contributed by atoms with Crippen molar-refractivity contribution in [2.45, 2.75) is 19.4 Å². The summed E-state index contributed by atoms with van der Waals surface area (Å²) in [6, 6.07) is 3.81. The molecule has 0 aliphatic carbocycles. The Balaban J connectivity index is 0.00000272. The van der Waals surface area contributed by atoms with Crippen LogP contribution < -0.4 is 28.4 Å². The molecule has 0 bridgehead atoms. The fraction of sp³-hybridized carbons (Fsp3) is 0.316. The number of ether oxygens (including phenoxy) is 1. The number of rotatable bonds is 4. The van der Waals surface area contributed by atoms with Crippen LogP contribution in [0.3, 0.4) is 0 Å². The van der Waals surface area contributed by atoms with Crippen molar-refractivity contribution in [1.82, 2.24) is 9.97 Å². The predicted molar refractivity (Wildman–Crippen MR) is 118 cm³/mol. The number of thiazole rings is 1. The van der Waals surface area contributed by atoms with Gasteiger partial charge < -0.3 is 32.8 Å². The summed E-state index contributed by atoms with van der Waals surface area (Å²) in [6.07, 6.45) is 0.961. The number of benzene rings is 1. The van der Waals surface area contributed by atoms with E-state index in [1.54, 1.807) is 19.1 Å². The van der Waals surface area contributed by atoms with Crippen LogP contribution in [-0.2, 0) is 4.74 Å². The first-order chi connectivity index (χ1) is 14.3. The summed E-state index contributed by atoms with van der Waals surface area (Å²) in [5, 5.41) is 3.64. The Morgan fingerprint density at radius 2 is 2.10 bits per heavy atom. The van der Waals surface area contributed by atoms with Crippen molar-refractivity contribution in [1.29, 1.82) is 0 Å². The molecule has 1 aromatic carbocycles. The highest BCUT2D eigenvalue weighted by Gasteiger charge is 2.26. The Hall–Kier alpha value is -2.04. The van der Waals surface area contributed by atoms with Crippen molar-refractivity contribution < 1.29 is 32.5 Å². The minimum atomic E-state index is -0.442. The number of methoxy groups -OCH3 is 1. The largest absolute Gasteiger partial charge is 1.00 e. The lowest BCUT2D eigenvalue weighted by Crippen LogP contribution is -3.00. The van der Waals surface area contributed by atoms with Crippen molar-refractivity contribution >= 4 is 67.5 Å². The summed E-state index contributed by atoms with van der Waals surface area (Å²) >= 11 is 13.5. The molecule has 0 radical (unpaired) electrons. The Kier molecular flexibility index (Phi) is 7.02. The number of carbonyl (C=O) groups is 2. The Labute approximate surface area is 198 Å². The minimum Gasteiger partial charge on any atom is -1.00 e. The van der Waals surface area contributed by atoms with Gasteiger partial charge in [0.25, 0.3) is 5.91 Å². The second kappa shape index (κ2) is 9.22. The molecule has 2 aromatic heterocycles. The molecule has 5 N–H and O–H groups in total. The molecular weight excluding hydrogens is 485 g/mol. The second-order valence-corrected chi connectivity index (χ2v) is 8.95. The number of hydrogen-bond acceptors (Lipinski definition) is 6. The quantitative estimate of drug-likeness (QED) is 0.436. The Bertz CT molecular complexity index is 1160. The molecule has 3 aromatic rings. The molecule has 4 rings (SSSR count). The van der Waals surface area contributed by atoms with E-state index in [1.807, 2.05) is 0 Å². The standard InChI is InChI=1S/C19H19Cl2N5O3S.ClH/c1-8-13(20)14(21)16(23-8)17(27)25-19-24-15-11(26-4-3-10(22)7-26)5-9(18(28)29-2)6-12(15)30-19;/h5-6,10,23H,3-4,7,22H2,1-2H3,(H,24,25,27);1H/t10-;/m0./s1. The molecule has 166 valence electrons. The monoisotopic (exact) mass is 503 g/mol. The molecule has 1 amide bonds. The van der Waals surface area contributed by atoms with E-state index in [1.165, 1.54) is 18.4 Å². The number of carbonyl (C=O) groups excluding carboxylic acids is 2. The van der Waals surface area contributed by atoms with Gasteiger partial charge in [0.1, 0.15) is 17.3 Å². The molecule has 1 aliphatic heterocycles. The van der Waals surface area contributed by atoms with Crippen molar-refractivity contribution in [3.8, 4) is 0 Å². The molecule has 1 fully saturated rings. The highest BCUT2D eigenvalue weighted by Crippen LogP contribution is 2.36. The van der Waals surface area contributed by atoms with Crippen LogP contribution in [0, 0.1) is 6.92 Å². The van der Waals surface area contributed by atoms with Gasteiger partial charge in [0, 0.05) is 18.7 Å². The predicted octanol–water partition coefficient (Wildman–Crippen LogP) is 0.103. The Morgan fingerprint density at radius 3 is 2.68 bits per heavy atom. The molecule has 3 heterocycles. The van der Waals surface area contributed by atoms with Gasteiger partial charge in [0.05, 0.1) is 39.7 Å². The molecule has 0 spiro atoms. The van der Waals surface area contributed by atoms with E-state index < -0.39 is 11.9 Å². The normalized spacial score (nSPS) is 15.8. The van der Waals surface area contributed by atoms with E-state index in [0.29, 0.717) is 33.0 Å². The van der Waals surface area contributed by atoms with Gasteiger partial charge >= 0.3 is 5.97 Å². The van der Waals surface area contributed by atoms with Gasteiger partial charge in [-0.15, -0.1) is 0 Å². The molecule has 1 aliphatic rings. The van der Waals surface area contributed by atoms with Crippen LogP contribution in [0.4, 0.5) is 10.8 Å². The van der Waals surface area contributed by atoms with Gasteiger partial charge in [0.15, 0.2) is 5.13 Å². The number of halogens is 3. The summed E-state index contributed by atoms with van der Waals surface area (Å²) < 4.78 is 5.66. The lowest BCUT2D eigenvalue weighted by molar-refractivity contribution is -0.412. The van der Waals surface area contributed by atoms with Crippen molar-refractivity contribution in [3.63, 3.8) is 0 Å². The van der Waals surface area contributed by atoms with Gasteiger partial charge in [-0.1, -0.05) is 34.5 Å². The average molecular weight is 505 g/mol. The highest BCUT2D eigenvalue weighted by molar-refractivity contribution is 7.22. The first-order valence-electron chi connectivity index (χ1n) is 9.24. The van der Waals surface area contributed by atoms with Crippen LogP contribution in [0.1, 0.15) is 33.0 Å². The summed E-state index contributed by atoms with van der Waals surface area (Å²) in [7, 11) is 1.35. The number of nitrogens with zero attached hydrogens (tertiary/aromatic N) is 2. The Morgan fingerprint density at radius 1 is 1.35 bits per heavy atom. The first kappa shape index (κ1) is 23.6. The highest BCUT2D eigenvalue weighted by atomic mass is 35.5. The van der Waals surface area contributed by atoms with Gasteiger partial charge in [-0.3, -0.25) is 10.1 Å².